The Bertz CT molecular complexity index is 1140. The van der Waals surface area contributed by atoms with E-state index in [1.165, 1.54) is 6.07 Å². The molecule has 8 heteroatoms. The Hall–Kier alpha value is -2.61. The van der Waals surface area contributed by atoms with Crippen LogP contribution < -0.4 is 10.9 Å². The second-order valence-electron chi connectivity index (χ2n) is 7.03. The summed E-state index contributed by atoms with van der Waals surface area (Å²) < 4.78 is 5.17. The van der Waals surface area contributed by atoms with Crippen molar-refractivity contribution in [1.29, 1.82) is 0 Å². The highest BCUT2D eigenvalue weighted by Crippen LogP contribution is 2.21. The van der Waals surface area contributed by atoms with E-state index in [9.17, 15) is 14.4 Å². The van der Waals surface area contributed by atoms with Crippen molar-refractivity contribution in [2.75, 3.05) is 12.4 Å². The fourth-order valence-corrected chi connectivity index (χ4v) is 4.15. The number of hydrogen-bond acceptors (Lipinski definition) is 5. The Balaban J connectivity index is 1.60. The standard InChI is InChI=1S/C22H19ClN2O4S/c23-15-7-5-13(6-8-15)21(27)25-19(22(28)30-12-16-11-29-16)9-14-10-20(26)24-18-4-2-1-3-17(14)18/h1-8,10,16,19H,9,11-12H2,(H,24,26)(H,25,27)/t16-,19?/m0/s1. The number of aromatic amines is 1. The van der Waals surface area contributed by atoms with Gasteiger partial charge in [0.1, 0.15) is 6.04 Å². The van der Waals surface area contributed by atoms with Gasteiger partial charge in [0.05, 0.1) is 12.7 Å². The fourth-order valence-electron chi connectivity index (χ4n) is 3.14. The van der Waals surface area contributed by atoms with E-state index < -0.39 is 6.04 Å². The number of aromatic nitrogens is 1. The molecule has 2 heterocycles. The van der Waals surface area contributed by atoms with Crippen LogP contribution in [-0.2, 0) is 16.0 Å². The van der Waals surface area contributed by atoms with E-state index >= 15 is 0 Å². The highest BCUT2D eigenvalue weighted by molar-refractivity contribution is 8.13. The second-order valence-corrected chi connectivity index (χ2v) is 8.49. The number of nitrogens with one attached hydrogen (secondary N) is 2. The second kappa shape index (κ2) is 9.04. The first-order valence-corrected chi connectivity index (χ1v) is 10.8. The van der Waals surface area contributed by atoms with Crippen LogP contribution in [0.2, 0.25) is 5.02 Å². The molecule has 6 nitrogen and oxygen atoms in total. The smallest absolute Gasteiger partial charge is 0.251 e. The Morgan fingerprint density at radius 2 is 1.93 bits per heavy atom. The number of para-hydroxylation sites is 1. The molecule has 2 aromatic carbocycles. The van der Waals surface area contributed by atoms with Gasteiger partial charge in [-0.15, -0.1) is 0 Å². The number of epoxide rings is 1. The van der Waals surface area contributed by atoms with Crippen LogP contribution in [0.15, 0.2) is 59.4 Å². The Kier molecular flexibility index (Phi) is 6.22. The fraction of sp³-hybridized carbons (Fsp3) is 0.227. The van der Waals surface area contributed by atoms with Crippen LogP contribution in [0.4, 0.5) is 0 Å². The molecule has 2 atom stereocenters. The van der Waals surface area contributed by atoms with Crippen LogP contribution in [0, 0.1) is 0 Å². The van der Waals surface area contributed by atoms with E-state index in [1.54, 1.807) is 24.3 Å². The molecule has 2 N–H and O–H groups in total. The Labute approximate surface area is 182 Å². The number of carbonyl (C=O) groups is 2. The summed E-state index contributed by atoms with van der Waals surface area (Å²) in [5.74, 6) is 0.171. The molecule has 1 unspecified atom stereocenters. The SMILES string of the molecule is O=C(NC(Cc1cc(=O)[nH]c2ccccc12)C(=O)SC[C@@H]1CO1)c1ccc(Cl)cc1. The van der Waals surface area contributed by atoms with Crippen LogP contribution in [0.25, 0.3) is 10.9 Å². The minimum Gasteiger partial charge on any atom is -0.372 e. The number of halogens is 1. The first kappa shape index (κ1) is 20.7. The van der Waals surface area contributed by atoms with Gasteiger partial charge in [-0.05, 0) is 35.9 Å². The maximum Gasteiger partial charge on any atom is 0.251 e. The number of hydrogen-bond donors (Lipinski definition) is 2. The number of carbonyl (C=O) groups excluding carboxylic acids is 2. The number of benzene rings is 2. The van der Waals surface area contributed by atoms with Crippen molar-refractivity contribution in [3.05, 3.63) is 81.1 Å². The highest BCUT2D eigenvalue weighted by atomic mass is 35.5. The molecule has 3 aromatic rings. The minimum absolute atomic E-state index is 0.0898. The van der Waals surface area contributed by atoms with Gasteiger partial charge in [0.2, 0.25) is 10.7 Å². The van der Waals surface area contributed by atoms with E-state index in [1.807, 2.05) is 24.3 Å². The molecular formula is C22H19ClN2O4S. The number of H-pyrrole nitrogens is 1. The average molecular weight is 443 g/mol. The van der Waals surface area contributed by atoms with Crippen molar-refractivity contribution in [2.24, 2.45) is 0 Å². The molecule has 1 amide bonds. The van der Waals surface area contributed by atoms with Gasteiger partial charge in [-0.25, -0.2) is 0 Å². The summed E-state index contributed by atoms with van der Waals surface area (Å²) in [7, 11) is 0. The lowest BCUT2D eigenvalue weighted by molar-refractivity contribution is -0.112. The molecule has 1 aromatic heterocycles. The van der Waals surface area contributed by atoms with Crippen molar-refractivity contribution in [3.8, 4) is 0 Å². The maximum absolute atomic E-state index is 12.9. The maximum atomic E-state index is 12.9. The molecule has 1 aliphatic heterocycles. The molecule has 0 spiro atoms. The van der Waals surface area contributed by atoms with E-state index in [2.05, 4.69) is 10.3 Å². The van der Waals surface area contributed by atoms with Gasteiger partial charge in [-0.2, -0.15) is 0 Å². The summed E-state index contributed by atoms with van der Waals surface area (Å²) >= 11 is 7.03. The van der Waals surface area contributed by atoms with Crippen molar-refractivity contribution < 1.29 is 14.3 Å². The van der Waals surface area contributed by atoms with Gasteiger partial charge < -0.3 is 15.0 Å². The molecule has 4 rings (SSSR count). The Morgan fingerprint density at radius 3 is 2.67 bits per heavy atom. The summed E-state index contributed by atoms with van der Waals surface area (Å²) in [6, 6.07) is 14.5. The summed E-state index contributed by atoms with van der Waals surface area (Å²) in [4.78, 5) is 40.5. The van der Waals surface area contributed by atoms with Crippen LogP contribution in [0.3, 0.4) is 0 Å². The molecule has 1 saturated heterocycles. The number of fused-ring (bicyclic) bond motifs is 1. The number of thioether (sulfide) groups is 1. The molecule has 30 heavy (non-hydrogen) atoms. The molecule has 0 bridgehead atoms. The van der Waals surface area contributed by atoms with E-state index in [0.29, 0.717) is 34.0 Å². The van der Waals surface area contributed by atoms with Gasteiger partial charge in [-0.3, -0.25) is 14.4 Å². The number of ether oxygens (including phenoxy) is 1. The lowest BCUT2D eigenvalue weighted by atomic mass is 10.0. The first-order chi connectivity index (χ1) is 14.5. The lowest BCUT2D eigenvalue weighted by Gasteiger charge is -2.18. The molecular weight excluding hydrogens is 424 g/mol. The minimum atomic E-state index is -0.790. The van der Waals surface area contributed by atoms with Crippen LogP contribution in [0.1, 0.15) is 15.9 Å². The largest absolute Gasteiger partial charge is 0.372 e. The molecule has 0 aliphatic carbocycles. The van der Waals surface area contributed by atoms with Gasteiger partial charge in [0.15, 0.2) is 0 Å². The summed E-state index contributed by atoms with van der Waals surface area (Å²) in [6.07, 6.45) is 0.299. The van der Waals surface area contributed by atoms with Crippen molar-refractivity contribution in [3.63, 3.8) is 0 Å². The number of rotatable bonds is 7. The number of amides is 1. The van der Waals surface area contributed by atoms with Gasteiger partial charge >= 0.3 is 0 Å². The third kappa shape index (κ3) is 5.11. The zero-order chi connectivity index (χ0) is 21.1. The lowest BCUT2D eigenvalue weighted by Crippen LogP contribution is -2.41. The van der Waals surface area contributed by atoms with E-state index in [-0.39, 0.29) is 29.1 Å². The van der Waals surface area contributed by atoms with Gasteiger partial charge in [-0.1, -0.05) is 41.6 Å². The number of pyridine rings is 1. The van der Waals surface area contributed by atoms with Crippen molar-refractivity contribution >= 4 is 45.3 Å². The van der Waals surface area contributed by atoms with Crippen LogP contribution in [0.5, 0.6) is 0 Å². The molecule has 0 radical (unpaired) electrons. The van der Waals surface area contributed by atoms with Crippen LogP contribution >= 0.6 is 23.4 Å². The predicted octanol–water partition coefficient (Wildman–Crippen LogP) is 3.18. The third-order valence-electron chi connectivity index (χ3n) is 4.77. The van der Waals surface area contributed by atoms with Crippen LogP contribution in [-0.4, -0.2) is 40.5 Å². The molecule has 154 valence electrons. The average Bonchev–Trinajstić information content (AvgIpc) is 3.56. The monoisotopic (exact) mass is 442 g/mol. The van der Waals surface area contributed by atoms with Gasteiger partial charge in [0, 0.05) is 39.7 Å². The Morgan fingerprint density at radius 1 is 1.20 bits per heavy atom. The van der Waals surface area contributed by atoms with Crippen molar-refractivity contribution in [1.82, 2.24) is 10.3 Å². The van der Waals surface area contributed by atoms with E-state index in [4.69, 9.17) is 16.3 Å². The first-order valence-electron chi connectivity index (χ1n) is 9.45. The predicted molar refractivity (Wildman–Crippen MR) is 118 cm³/mol. The van der Waals surface area contributed by atoms with E-state index in [0.717, 1.165) is 17.1 Å². The zero-order valence-electron chi connectivity index (χ0n) is 15.9. The summed E-state index contributed by atoms with van der Waals surface area (Å²) in [5.41, 5.74) is 1.54. The molecule has 0 saturated carbocycles. The zero-order valence-corrected chi connectivity index (χ0v) is 17.5. The highest BCUT2D eigenvalue weighted by Gasteiger charge is 2.28. The quantitative estimate of drug-likeness (QED) is 0.548. The topological polar surface area (TPSA) is 91.6 Å². The normalized spacial score (nSPS) is 16.2. The van der Waals surface area contributed by atoms with Gasteiger partial charge in [0.25, 0.3) is 5.91 Å². The molecule has 1 aliphatic rings. The summed E-state index contributed by atoms with van der Waals surface area (Å²) in [5, 5.41) is 4.02. The third-order valence-corrected chi connectivity index (χ3v) is 6.13. The molecule has 1 fully saturated rings. The summed E-state index contributed by atoms with van der Waals surface area (Å²) in [6.45, 7) is 0.654. The van der Waals surface area contributed by atoms with Crippen molar-refractivity contribution in [2.45, 2.75) is 18.6 Å².